The maximum atomic E-state index is 12.2. The van der Waals surface area contributed by atoms with Crippen molar-refractivity contribution in [3.63, 3.8) is 0 Å². The Kier molecular flexibility index (Phi) is 4.64. The lowest BCUT2D eigenvalue weighted by Gasteiger charge is -2.18. The normalized spacial score (nSPS) is 14.8. The molecule has 1 aliphatic rings. The molecule has 1 saturated carbocycles. The van der Waals surface area contributed by atoms with Crippen molar-refractivity contribution < 1.29 is 0 Å². The molecule has 1 fully saturated rings. The van der Waals surface area contributed by atoms with E-state index in [1.54, 1.807) is 12.4 Å². The fourth-order valence-corrected chi connectivity index (χ4v) is 2.23. The Hall–Kier alpha value is -1.03. The lowest BCUT2D eigenvalue weighted by atomic mass is 10.2. The van der Waals surface area contributed by atoms with Crippen LogP contribution in [0.25, 0.3) is 0 Å². The van der Waals surface area contributed by atoms with Crippen LogP contribution in [0.2, 0.25) is 0 Å². The number of aromatic nitrogens is 2. The van der Waals surface area contributed by atoms with Gasteiger partial charge in [0, 0.05) is 37.9 Å². The molecular formula is C13H20ClN3O. The highest BCUT2D eigenvalue weighted by atomic mass is 35.5. The number of hydrogen-bond donors (Lipinski definition) is 0. The highest BCUT2D eigenvalue weighted by Gasteiger charge is 2.25. The Morgan fingerprint density at radius 3 is 2.89 bits per heavy atom. The summed E-state index contributed by atoms with van der Waals surface area (Å²) in [6.07, 6.45) is 8.92. The van der Waals surface area contributed by atoms with Crippen molar-refractivity contribution in [3.8, 4) is 0 Å². The Morgan fingerprint density at radius 1 is 1.44 bits per heavy atom. The van der Waals surface area contributed by atoms with Crippen molar-refractivity contribution in [2.45, 2.75) is 38.1 Å². The van der Waals surface area contributed by atoms with Gasteiger partial charge in [0.25, 0.3) is 5.56 Å². The highest BCUT2D eigenvalue weighted by Crippen LogP contribution is 2.33. The molecule has 1 heterocycles. The predicted octanol–water partition coefficient (Wildman–Crippen LogP) is 2.42. The first-order chi connectivity index (χ1) is 8.74. The van der Waals surface area contributed by atoms with Crippen molar-refractivity contribution in [1.82, 2.24) is 9.55 Å². The molecular weight excluding hydrogens is 250 g/mol. The van der Waals surface area contributed by atoms with Gasteiger partial charge >= 0.3 is 0 Å². The van der Waals surface area contributed by atoms with E-state index in [9.17, 15) is 4.79 Å². The summed E-state index contributed by atoms with van der Waals surface area (Å²) in [6.45, 7) is 0.855. The Morgan fingerprint density at radius 2 is 2.22 bits per heavy atom. The van der Waals surface area contributed by atoms with Gasteiger partial charge in [-0.1, -0.05) is 6.42 Å². The molecule has 0 aromatic carbocycles. The van der Waals surface area contributed by atoms with Crippen LogP contribution in [0.4, 0.5) is 5.82 Å². The van der Waals surface area contributed by atoms with Gasteiger partial charge in [-0.15, -0.1) is 11.6 Å². The highest BCUT2D eigenvalue weighted by molar-refractivity contribution is 6.17. The molecule has 1 aliphatic carbocycles. The number of hydrogen-bond acceptors (Lipinski definition) is 3. The van der Waals surface area contributed by atoms with E-state index in [0.717, 1.165) is 38.6 Å². The maximum absolute atomic E-state index is 12.2. The lowest BCUT2D eigenvalue weighted by molar-refractivity contribution is 0.672. The zero-order valence-corrected chi connectivity index (χ0v) is 11.6. The smallest absolute Gasteiger partial charge is 0.293 e. The second-order valence-electron chi connectivity index (χ2n) is 4.87. The molecule has 5 heteroatoms. The molecule has 0 atom stereocenters. The van der Waals surface area contributed by atoms with Gasteiger partial charge < -0.3 is 9.47 Å². The summed E-state index contributed by atoms with van der Waals surface area (Å²) < 4.78 is 1.82. The zero-order chi connectivity index (χ0) is 13.0. The summed E-state index contributed by atoms with van der Waals surface area (Å²) in [7, 11) is 1.93. The topological polar surface area (TPSA) is 38.1 Å². The number of unbranched alkanes of at least 4 members (excludes halogenated alkanes) is 2. The molecule has 0 saturated heterocycles. The number of alkyl halides is 1. The molecule has 100 valence electrons. The fourth-order valence-electron chi connectivity index (χ4n) is 2.04. The summed E-state index contributed by atoms with van der Waals surface area (Å²) in [6, 6.07) is 0.406. The van der Waals surface area contributed by atoms with Gasteiger partial charge in [0.2, 0.25) is 0 Å². The summed E-state index contributed by atoms with van der Waals surface area (Å²) in [5.41, 5.74) is 0.0415. The van der Waals surface area contributed by atoms with Crippen molar-refractivity contribution in [2.24, 2.45) is 0 Å². The molecule has 0 spiro atoms. The van der Waals surface area contributed by atoms with E-state index < -0.39 is 0 Å². The summed E-state index contributed by atoms with van der Waals surface area (Å²) in [4.78, 5) is 18.4. The third-order valence-electron chi connectivity index (χ3n) is 3.28. The van der Waals surface area contributed by atoms with Gasteiger partial charge in [-0.25, -0.2) is 4.98 Å². The first-order valence-electron chi connectivity index (χ1n) is 6.58. The summed E-state index contributed by atoms with van der Waals surface area (Å²) in [5, 5.41) is 0. The average Bonchev–Trinajstić information content (AvgIpc) is 3.19. The minimum absolute atomic E-state index is 0.0415. The minimum Gasteiger partial charge on any atom is -0.355 e. The molecule has 1 aromatic heterocycles. The van der Waals surface area contributed by atoms with Gasteiger partial charge in [0.05, 0.1) is 0 Å². The van der Waals surface area contributed by atoms with Crippen molar-refractivity contribution in [2.75, 3.05) is 24.4 Å². The second-order valence-corrected chi connectivity index (χ2v) is 5.24. The standard InChI is InChI=1S/C13H20ClN3O/c1-16(9-4-2-3-7-14)12-13(18)17(10-8-15-12)11-5-6-11/h8,10-11H,2-7,9H2,1H3. The molecule has 0 radical (unpaired) electrons. The molecule has 0 aliphatic heterocycles. The Bertz CT molecular complexity index is 442. The van der Waals surface area contributed by atoms with Crippen LogP contribution in [0.15, 0.2) is 17.2 Å². The van der Waals surface area contributed by atoms with Gasteiger partial charge in [-0.2, -0.15) is 0 Å². The van der Waals surface area contributed by atoms with Crippen LogP contribution in [0, 0.1) is 0 Å². The molecule has 0 bridgehead atoms. The summed E-state index contributed by atoms with van der Waals surface area (Å²) >= 11 is 5.64. The van der Waals surface area contributed by atoms with E-state index in [4.69, 9.17) is 11.6 Å². The van der Waals surface area contributed by atoms with Crippen LogP contribution in [0.5, 0.6) is 0 Å². The average molecular weight is 270 g/mol. The Labute approximate surface area is 113 Å². The van der Waals surface area contributed by atoms with Crippen molar-refractivity contribution in [3.05, 3.63) is 22.7 Å². The molecule has 0 amide bonds. The van der Waals surface area contributed by atoms with Crippen LogP contribution in [0.1, 0.15) is 38.1 Å². The van der Waals surface area contributed by atoms with E-state index in [1.807, 2.05) is 16.5 Å². The van der Waals surface area contributed by atoms with Crippen LogP contribution in [-0.4, -0.2) is 29.0 Å². The Balaban J connectivity index is 1.99. The fraction of sp³-hybridized carbons (Fsp3) is 0.692. The first kappa shape index (κ1) is 13.4. The quantitative estimate of drug-likeness (QED) is 0.564. The largest absolute Gasteiger partial charge is 0.355 e. The first-order valence-corrected chi connectivity index (χ1v) is 7.11. The lowest BCUT2D eigenvalue weighted by Crippen LogP contribution is -2.30. The number of rotatable bonds is 7. The van der Waals surface area contributed by atoms with Gasteiger partial charge in [-0.05, 0) is 25.7 Å². The molecule has 1 aromatic rings. The van der Waals surface area contributed by atoms with E-state index in [2.05, 4.69) is 4.98 Å². The number of nitrogens with zero attached hydrogens (tertiary/aromatic N) is 3. The molecule has 18 heavy (non-hydrogen) atoms. The monoisotopic (exact) mass is 269 g/mol. The minimum atomic E-state index is 0.0415. The molecule has 2 rings (SSSR count). The predicted molar refractivity (Wildman–Crippen MR) is 74.6 cm³/mol. The van der Waals surface area contributed by atoms with Crippen LogP contribution in [-0.2, 0) is 0 Å². The van der Waals surface area contributed by atoms with Gasteiger partial charge in [0.15, 0.2) is 5.82 Å². The summed E-state index contributed by atoms with van der Waals surface area (Å²) in [5.74, 6) is 1.28. The number of halogens is 1. The van der Waals surface area contributed by atoms with Crippen LogP contribution >= 0.6 is 11.6 Å². The van der Waals surface area contributed by atoms with Gasteiger partial charge in [0.1, 0.15) is 0 Å². The van der Waals surface area contributed by atoms with E-state index in [1.165, 1.54) is 0 Å². The second kappa shape index (κ2) is 6.23. The molecule has 0 N–H and O–H groups in total. The van der Waals surface area contributed by atoms with E-state index in [-0.39, 0.29) is 5.56 Å². The third kappa shape index (κ3) is 3.25. The number of anilines is 1. The zero-order valence-electron chi connectivity index (χ0n) is 10.8. The third-order valence-corrected chi connectivity index (χ3v) is 3.55. The van der Waals surface area contributed by atoms with Crippen molar-refractivity contribution >= 4 is 17.4 Å². The van der Waals surface area contributed by atoms with E-state index in [0.29, 0.717) is 17.7 Å². The van der Waals surface area contributed by atoms with Gasteiger partial charge in [-0.3, -0.25) is 4.79 Å². The molecule has 0 unspecified atom stereocenters. The van der Waals surface area contributed by atoms with Crippen molar-refractivity contribution in [1.29, 1.82) is 0 Å². The van der Waals surface area contributed by atoms with E-state index >= 15 is 0 Å². The maximum Gasteiger partial charge on any atom is 0.293 e. The van der Waals surface area contributed by atoms with Crippen LogP contribution in [0.3, 0.4) is 0 Å². The SMILES string of the molecule is CN(CCCCCCl)c1nccn(C2CC2)c1=O. The van der Waals surface area contributed by atoms with Crippen LogP contribution < -0.4 is 10.5 Å². The molecule has 4 nitrogen and oxygen atoms in total.